The van der Waals surface area contributed by atoms with Crippen LogP contribution in [0.15, 0.2) is 36.4 Å². The summed E-state index contributed by atoms with van der Waals surface area (Å²) in [5, 5.41) is 14.1. The van der Waals surface area contributed by atoms with Gasteiger partial charge in [-0.15, -0.1) is 0 Å². The Kier molecular flexibility index (Phi) is 5.41. The topological polar surface area (TPSA) is 81.5 Å². The number of carbonyl (C=O) groups excluding carboxylic acids is 1. The molecular formula is C17H17ClN2O4. The lowest BCUT2D eigenvalue weighted by molar-refractivity contribution is -0.384. The molecule has 0 aromatic heterocycles. The van der Waals surface area contributed by atoms with Crippen LogP contribution in [-0.2, 0) is 4.79 Å². The summed E-state index contributed by atoms with van der Waals surface area (Å²) >= 11 is 5.89. The molecule has 6 nitrogen and oxygen atoms in total. The van der Waals surface area contributed by atoms with Gasteiger partial charge < -0.3 is 10.1 Å². The smallest absolute Gasteiger partial charge is 0.271 e. The van der Waals surface area contributed by atoms with Crippen molar-refractivity contribution in [3.63, 3.8) is 0 Å². The maximum Gasteiger partial charge on any atom is 0.271 e. The van der Waals surface area contributed by atoms with Crippen molar-refractivity contribution < 1.29 is 14.5 Å². The van der Waals surface area contributed by atoms with Crippen LogP contribution >= 0.6 is 11.6 Å². The summed E-state index contributed by atoms with van der Waals surface area (Å²) in [6.45, 7) is 5.20. The van der Waals surface area contributed by atoms with Gasteiger partial charge in [-0.25, -0.2) is 0 Å². The van der Waals surface area contributed by atoms with Gasteiger partial charge in [0.05, 0.1) is 10.6 Å². The zero-order chi connectivity index (χ0) is 17.9. The number of carbonyl (C=O) groups is 1. The summed E-state index contributed by atoms with van der Waals surface area (Å²) in [7, 11) is 0. The number of nitro groups is 1. The number of hydrogen-bond acceptors (Lipinski definition) is 4. The molecule has 0 spiro atoms. The Morgan fingerprint density at radius 3 is 2.54 bits per heavy atom. The Labute approximate surface area is 144 Å². The summed E-state index contributed by atoms with van der Waals surface area (Å²) in [5.41, 5.74) is 1.84. The van der Waals surface area contributed by atoms with E-state index in [-0.39, 0.29) is 5.69 Å². The summed E-state index contributed by atoms with van der Waals surface area (Å²) < 4.78 is 5.65. The van der Waals surface area contributed by atoms with E-state index in [9.17, 15) is 14.9 Å². The molecule has 0 aliphatic rings. The molecule has 2 rings (SSSR count). The third-order valence-electron chi connectivity index (χ3n) is 3.50. The van der Waals surface area contributed by atoms with Crippen molar-refractivity contribution in [3.05, 3.63) is 62.7 Å². The van der Waals surface area contributed by atoms with Gasteiger partial charge in [-0.05, 0) is 50.1 Å². The fourth-order valence-corrected chi connectivity index (χ4v) is 2.31. The molecule has 0 bridgehead atoms. The lowest BCUT2D eigenvalue weighted by Gasteiger charge is -2.17. The number of benzene rings is 2. The normalized spacial score (nSPS) is 11.7. The number of nitrogens with zero attached hydrogens (tertiary/aromatic N) is 1. The van der Waals surface area contributed by atoms with Crippen molar-refractivity contribution >= 4 is 28.9 Å². The van der Waals surface area contributed by atoms with Gasteiger partial charge in [-0.1, -0.05) is 17.7 Å². The van der Waals surface area contributed by atoms with E-state index in [0.29, 0.717) is 16.5 Å². The number of ether oxygens (including phenoxy) is 1. The molecule has 0 unspecified atom stereocenters. The molecule has 1 amide bonds. The van der Waals surface area contributed by atoms with Crippen LogP contribution in [0.2, 0.25) is 5.02 Å². The van der Waals surface area contributed by atoms with E-state index < -0.39 is 16.9 Å². The molecule has 0 saturated heterocycles. The largest absolute Gasteiger partial charge is 0.481 e. The highest BCUT2D eigenvalue weighted by atomic mass is 35.5. The Morgan fingerprint density at radius 2 is 1.92 bits per heavy atom. The fraction of sp³-hybridized carbons (Fsp3) is 0.235. The minimum Gasteiger partial charge on any atom is -0.481 e. The molecular weight excluding hydrogens is 332 g/mol. The van der Waals surface area contributed by atoms with Crippen LogP contribution in [0.1, 0.15) is 18.1 Å². The second-order valence-electron chi connectivity index (χ2n) is 5.42. The van der Waals surface area contributed by atoms with Crippen molar-refractivity contribution in [2.24, 2.45) is 0 Å². The first-order valence-corrected chi connectivity index (χ1v) is 7.64. The number of anilines is 1. The van der Waals surface area contributed by atoms with Crippen molar-refractivity contribution in [2.45, 2.75) is 26.9 Å². The van der Waals surface area contributed by atoms with Gasteiger partial charge in [-0.3, -0.25) is 14.9 Å². The van der Waals surface area contributed by atoms with Gasteiger partial charge in [0.2, 0.25) is 0 Å². The number of non-ortho nitro benzene ring substituents is 1. The number of rotatable bonds is 5. The van der Waals surface area contributed by atoms with Crippen LogP contribution in [0.4, 0.5) is 11.4 Å². The summed E-state index contributed by atoms with van der Waals surface area (Å²) in [5.74, 6) is 0.158. The van der Waals surface area contributed by atoms with Crippen LogP contribution < -0.4 is 10.1 Å². The lowest BCUT2D eigenvalue weighted by Crippen LogP contribution is -2.30. The molecule has 1 atom stereocenters. The highest BCUT2D eigenvalue weighted by Gasteiger charge is 2.18. The molecule has 2 aromatic carbocycles. The van der Waals surface area contributed by atoms with E-state index in [1.165, 1.54) is 12.1 Å². The van der Waals surface area contributed by atoms with E-state index in [1.54, 1.807) is 38.1 Å². The van der Waals surface area contributed by atoms with Gasteiger partial charge >= 0.3 is 0 Å². The first-order chi connectivity index (χ1) is 11.3. The summed E-state index contributed by atoms with van der Waals surface area (Å²) in [6.07, 6.45) is -0.775. The van der Waals surface area contributed by atoms with E-state index >= 15 is 0 Å². The van der Waals surface area contributed by atoms with Crippen LogP contribution in [0.25, 0.3) is 0 Å². The minimum atomic E-state index is -0.775. The molecule has 24 heavy (non-hydrogen) atoms. The molecule has 0 fully saturated rings. The predicted octanol–water partition coefficient (Wildman–Crippen LogP) is 4.27. The summed E-state index contributed by atoms with van der Waals surface area (Å²) in [6, 6.07) is 9.42. The van der Waals surface area contributed by atoms with Gasteiger partial charge in [-0.2, -0.15) is 0 Å². The highest BCUT2D eigenvalue weighted by molar-refractivity contribution is 6.30. The van der Waals surface area contributed by atoms with Gasteiger partial charge in [0.1, 0.15) is 5.75 Å². The maximum atomic E-state index is 12.3. The Balaban J connectivity index is 2.11. The third kappa shape index (κ3) is 4.23. The van der Waals surface area contributed by atoms with Crippen molar-refractivity contribution in [2.75, 3.05) is 5.32 Å². The monoisotopic (exact) mass is 348 g/mol. The molecule has 0 aliphatic heterocycles. The molecule has 0 aliphatic carbocycles. The third-order valence-corrected chi connectivity index (χ3v) is 3.73. The average molecular weight is 349 g/mol. The second kappa shape index (κ2) is 7.31. The molecule has 0 radical (unpaired) electrons. The van der Waals surface area contributed by atoms with E-state index in [4.69, 9.17) is 16.3 Å². The minimum absolute atomic E-state index is 0.0852. The molecule has 7 heteroatoms. The van der Waals surface area contributed by atoms with Gasteiger partial charge in [0, 0.05) is 17.2 Å². The van der Waals surface area contributed by atoms with Crippen molar-refractivity contribution in [3.8, 4) is 5.75 Å². The number of nitrogens with one attached hydrogen (secondary N) is 1. The molecule has 1 N–H and O–H groups in total. The number of halogens is 1. The molecule has 0 heterocycles. The average Bonchev–Trinajstić information content (AvgIpc) is 2.51. The van der Waals surface area contributed by atoms with Crippen LogP contribution in [0.3, 0.4) is 0 Å². The Bertz CT molecular complexity index is 792. The molecule has 0 saturated carbocycles. The van der Waals surface area contributed by atoms with Crippen LogP contribution in [0.5, 0.6) is 5.75 Å². The van der Waals surface area contributed by atoms with E-state index in [0.717, 1.165) is 11.1 Å². The standard InChI is InChI=1S/C17H17ClN2O4/c1-10-4-6-14(20(22)23)9-15(10)19-17(21)12(3)24-16-7-5-13(18)8-11(16)2/h4-9,12H,1-3H3,(H,19,21)/t12-/m1/s1. The predicted molar refractivity (Wildman–Crippen MR) is 92.7 cm³/mol. The second-order valence-corrected chi connectivity index (χ2v) is 5.85. The fourth-order valence-electron chi connectivity index (χ4n) is 2.08. The van der Waals surface area contributed by atoms with Gasteiger partial charge in [0.25, 0.3) is 11.6 Å². The van der Waals surface area contributed by atoms with Crippen LogP contribution in [-0.4, -0.2) is 16.9 Å². The Hall–Kier alpha value is -2.60. The Morgan fingerprint density at radius 1 is 1.21 bits per heavy atom. The number of amides is 1. The maximum absolute atomic E-state index is 12.3. The number of nitro benzene ring substituents is 1. The number of hydrogen-bond donors (Lipinski definition) is 1. The molecule has 2 aromatic rings. The zero-order valence-corrected chi connectivity index (χ0v) is 14.3. The van der Waals surface area contributed by atoms with Crippen molar-refractivity contribution in [1.82, 2.24) is 0 Å². The first-order valence-electron chi connectivity index (χ1n) is 7.26. The quantitative estimate of drug-likeness (QED) is 0.646. The first kappa shape index (κ1) is 17.7. The SMILES string of the molecule is Cc1ccc([N+](=O)[O-])cc1NC(=O)[C@@H](C)Oc1ccc(Cl)cc1C. The molecule has 126 valence electrons. The van der Waals surface area contributed by atoms with Gasteiger partial charge in [0.15, 0.2) is 6.10 Å². The summed E-state index contributed by atoms with van der Waals surface area (Å²) in [4.78, 5) is 22.6. The zero-order valence-electron chi connectivity index (χ0n) is 13.5. The van der Waals surface area contributed by atoms with Crippen molar-refractivity contribution in [1.29, 1.82) is 0 Å². The van der Waals surface area contributed by atoms with E-state index in [1.807, 2.05) is 6.92 Å². The highest BCUT2D eigenvalue weighted by Crippen LogP contribution is 2.24. The van der Waals surface area contributed by atoms with Crippen LogP contribution in [0, 0.1) is 24.0 Å². The number of aryl methyl sites for hydroxylation is 2. The lowest BCUT2D eigenvalue weighted by atomic mass is 10.1. The van der Waals surface area contributed by atoms with E-state index in [2.05, 4.69) is 5.32 Å².